The van der Waals surface area contributed by atoms with Gasteiger partial charge in [0.15, 0.2) is 6.29 Å². The monoisotopic (exact) mass is 146 g/mol. The van der Waals surface area contributed by atoms with Crippen LogP contribution >= 0.6 is 0 Å². The van der Waals surface area contributed by atoms with Crippen molar-refractivity contribution in [2.45, 2.75) is 34.0 Å². The summed E-state index contributed by atoms with van der Waals surface area (Å²) in [5.41, 5.74) is 0. The van der Waals surface area contributed by atoms with Crippen LogP contribution in [0.4, 0.5) is 0 Å². The maximum Gasteiger partial charge on any atom is 0.154 e. The van der Waals surface area contributed by atoms with E-state index in [4.69, 9.17) is 9.47 Å². The summed E-state index contributed by atoms with van der Waals surface area (Å²) in [6.45, 7) is 9.64. The molecule has 0 rings (SSSR count). The molecular weight excluding hydrogens is 128 g/mol. The van der Waals surface area contributed by atoms with Gasteiger partial charge < -0.3 is 9.47 Å². The summed E-state index contributed by atoms with van der Waals surface area (Å²) in [5, 5.41) is 0. The fourth-order valence-electron chi connectivity index (χ4n) is 0.611. The van der Waals surface area contributed by atoms with Gasteiger partial charge in [-0.25, -0.2) is 0 Å². The Hall–Kier alpha value is -0.0800. The highest BCUT2D eigenvalue weighted by atomic mass is 16.7. The minimum absolute atomic E-state index is 0.0487. The molecule has 0 saturated heterocycles. The van der Waals surface area contributed by atoms with Crippen LogP contribution in [-0.2, 0) is 9.47 Å². The van der Waals surface area contributed by atoms with E-state index in [-0.39, 0.29) is 6.29 Å². The van der Waals surface area contributed by atoms with Crippen molar-refractivity contribution in [3.05, 3.63) is 0 Å². The highest BCUT2D eigenvalue weighted by Gasteiger charge is 2.00. The molecule has 0 heterocycles. The zero-order valence-electron chi connectivity index (χ0n) is 7.39. The van der Waals surface area contributed by atoms with Crippen molar-refractivity contribution in [3.8, 4) is 0 Å². The summed E-state index contributed by atoms with van der Waals surface area (Å²) in [4.78, 5) is 0. The van der Waals surface area contributed by atoms with Crippen LogP contribution < -0.4 is 0 Å². The van der Waals surface area contributed by atoms with Crippen LogP contribution in [0, 0.1) is 5.92 Å². The Bertz CT molecular complexity index is 71.7. The number of hydrogen-bond donors (Lipinski definition) is 0. The standard InChI is InChI=1S/C8H18O2/c1-5-9-8(4)10-6-7(2)3/h7-8H,5-6H2,1-4H3/t8-/m1/s1. The van der Waals surface area contributed by atoms with Gasteiger partial charge in [0, 0.05) is 6.61 Å². The molecule has 0 radical (unpaired) electrons. The fourth-order valence-corrected chi connectivity index (χ4v) is 0.611. The maximum atomic E-state index is 5.32. The summed E-state index contributed by atoms with van der Waals surface area (Å²) in [6.07, 6.45) is -0.0487. The predicted octanol–water partition coefficient (Wildman–Crippen LogP) is 2.04. The molecule has 0 fully saturated rings. The molecule has 0 aliphatic rings. The van der Waals surface area contributed by atoms with Gasteiger partial charge in [0.2, 0.25) is 0 Å². The lowest BCUT2D eigenvalue weighted by atomic mass is 10.2. The van der Waals surface area contributed by atoms with Crippen LogP contribution in [0.3, 0.4) is 0 Å². The van der Waals surface area contributed by atoms with Crippen molar-refractivity contribution in [1.29, 1.82) is 0 Å². The molecule has 0 aliphatic heterocycles. The van der Waals surface area contributed by atoms with E-state index in [1.54, 1.807) is 0 Å². The van der Waals surface area contributed by atoms with E-state index in [1.165, 1.54) is 0 Å². The third-order valence-corrected chi connectivity index (χ3v) is 1.07. The second kappa shape index (κ2) is 5.69. The third-order valence-electron chi connectivity index (χ3n) is 1.07. The molecule has 10 heavy (non-hydrogen) atoms. The minimum Gasteiger partial charge on any atom is -0.353 e. The molecular formula is C8H18O2. The van der Waals surface area contributed by atoms with Crippen molar-refractivity contribution in [2.75, 3.05) is 13.2 Å². The lowest BCUT2D eigenvalue weighted by Gasteiger charge is -2.13. The van der Waals surface area contributed by atoms with Crippen LogP contribution in [0.2, 0.25) is 0 Å². The van der Waals surface area contributed by atoms with E-state index in [2.05, 4.69) is 13.8 Å². The molecule has 0 bridgehead atoms. The Morgan fingerprint density at radius 2 is 1.70 bits per heavy atom. The Balaban J connectivity index is 3.12. The molecule has 0 spiro atoms. The van der Waals surface area contributed by atoms with Gasteiger partial charge in [0.1, 0.15) is 0 Å². The average Bonchev–Trinajstić information content (AvgIpc) is 1.85. The summed E-state index contributed by atoms with van der Waals surface area (Å²) < 4.78 is 10.5. The molecule has 0 aliphatic carbocycles. The van der Waals surface area contributed by atoms with Crippen molar-refractivity contribution in [1.82, 2.24) is 0 Å². The number of rotatable bonds is 5. The van der Waals surface area contributed by atoms with Crippen LogP contribution in [0.25, 0.3) is 0 Å². The first-order valence-corrected chi connectivity index (χ1v) is 3.90. The highest BCUT2D eigenvalue weighted by molar-refractivity contribution is 4.40. The average molecular weight is 146 g/mol. The van der Waals surface area contributed by atoms with E-state index >= 15 is 0 Å². The fraction of sp³-hybridized carbons (Fsp3) is 1.00. The zero-order chi connectivity index (χ0) is 7.98. The Morgan fingerprint density at radius 3 is 2.10 bits per heavy atom. The first-order chi connectivity index (χ1) is 4.66. The minimum atomic E-state index is -0.0487. The smallest absolute Gasteiger partial charge is 0.154 e. The van der Waals surface area contributed by atoms with Gasteiger partial charge >= 0.3 is 0 Å². The quantitative estimate of drug-likeness (QED) is 0.552. The Morgan fingerprint density at radius 1 is 1.10 bits per heavy atom. The molecule has 0 N–H and O–H groups in total. The number of ether oxygens (including phenoxy) is 2. The molecule has 62 valence electrons. The van der Waals surface area contributed by atoms with Crippen LogP contribution in [0.5, 0.6) is 0 Å². The van der Waals surface area contributed by atoms with Gasteiger partial charge in [-0.1, -0.05) is 13.8 Å². The summed E-state index contributed by atoms with van der Waals surface area (Å²) in [5.74, 6) is 0.586. The molecule has 0 aromatic rings. The van der Waals surface area contributed by atoms with Gasteiger partial charge in [-0.05, 0) is 19.8 Å². The van der Waals surface area contributed by atoms with Crippen LogP contribution in [-0.4, -0.2) is 19.5 Å². The predicted molar refractivity (Wildman–Crippen MR) is 41.9 cm³/mol. The lowest BCUT2D eigenvalue weighted by Crippen LogP contribution is -2.15. The van der Waals surface area contributed by atoms with Crippen LogP contribution in [0.1, 0.15) is 27.7 Å². The normalized spacial score (nSPS) is 14.1. The molecule has 0 aromatic heterocycles. The molecule has 0 unspecified atom stereocenters. The van der Waals surface area contributed by atoms with E-state index < -0.39 is 0 Å². The van der Waals surface area contributed by atoms with E-state index in [0.717, 1.165) is 13.2 Å². The second-order valence-corrected chi connectivity index (χ2v) is 2.75. The van der Waals surface area contributed by atoms with E-state index in [9.17, 15) is 0 Å². The van der Waals surface area contributed by atoms with E-state index in [1.807, 2.05) is 13.8 Å². The van der Waals surface area contributed by atoms with Crippen molar-refractivity contribution in [2.24, 2.45) is 5.92 Å². The summed E-state index contributed by atoms with van der Waals surface area (Å²) in [6, 6.07) is 0. The first-order valence-electron chi connectivity index (χ1n) is 3.90. The number of hydrogen-bond acceptors (Lipinski definition) is 2. The van der Waals surface area contributed by atoms with Gasteiger partial charge in [0.05, 0.1) is 6.61 Å². The molecule has 0 amide bonds. The van der Waals surface area contributed by atoms with Gasteiger partial charge in [-0.15, -0.1) is 0 Å². The van der Waals surface area contributed by atoms with E-state index in [0.29, 0.717) is 5.92 Å². The Kier molecular flexibility index (Phi) is 5.64. The van der Waals surface area contributed by atoms with Crippen molar-refractivity contribution in [3.63, 3.8) is 0 Å². The molecule has 2 nitrogen and oxygen atoms in total. The summed E-state index contributed by atoms with van der Waals surface area (Å²) >= 11 is 0. The first kappa shape index (κ1) is 9.92. The SMILES string of the molecule is CCO[C@@H](C)OCC(C)C. The van der Waals surface area contributed by atoms with Gasteiger partial charge in [0.25, 0.3) is 0 Å². The molecule has 2 heteroatoms. The van der Waals surface area contributed by atoms with Crippen LogP contribution in [0.15, 0.2) is 0 Å². The molecule has 0 saturated carbocycles. The largest absolute Gasteiger partial charge is 0.353 e. The van der Waals surface area contributed by atoms with Crippen molar-refractivity contribution < 1.29 is 9.47 Å². The third kappa shape index (κ3) is 6.05. The van der Waals surface area contributed by atoms with Gasteiger partial charge in [-0.2, -0.15) is 0 Å². The van der Waals surface area contributed by atoms with Gasteiger partial charge in [-0.3, -0.25) is 0 Å². The Labute approximate surface area is 63.5 Å². The zero-order valence-corrected chi connectivity index (χ0v) is 7.39. The molecule has 1 atom stereocenters. The summed E-state index contributed by atoms with van der Waals surface area (Å²) in [7, 11) is 0. The second-order valence-electron chi connectivity index (χ2n) is 2.75. The molecule has 0 aromatic carbocycles. The van der Waals surface area contributed by atoms with Crippen molar-refractivity contribution >= 4 is 0 Å². The maximum absolute atomic E-state index is 5.32. The lowest BCUT2D eigenvalue weighted by molar-refractivity contribution is -0.133. The topological polar surface area (TPSA) is 18.5 Å². The highest BCUT2D eigenvalue weighted by Crippen LogP contribution is 1.98.